The van der Waals surface area contributed by atoms with E-state index in [1.54, 1.807) is 35.4 Å². The lowest BCUT2D eigenvalue weighted by Gasteiger charge is -2.06. The summed E-state index contributed by atoms with van der Waals surface area (Å²) in [5.74, 6) is 1.38. The minimum absolute atomic E-state index is 0.586. The van der Waals surface area contributed by atoms with Crippen molar-refractivity contribution in [2.24, 2.45) is 0 Å². The summed E-state index contributed by atoms with van der Waals surface area (Å²) in [7, 11) is 1.65. The van der Waals surface area contributed by atoms with Crippen LogP contribution in [0.25, 0.3) is 27.9 Å². The zero-order valence-electron chi connectivity index (χ0n) is 12.4. The second-order valence-corrected chi connectivity index (χ2v) is 5.87. The fourth-order valence-corrected chi connectivity index (χ4v) is 3.24. The third-order valence-corrected chi connectivity index (χ3v) is 4.46. The van der Waals surface area contributed by atoms with Crippen LogP contribution in [0.2, 0.25) is 0 Å². The van der Waals surface area contributed by atoms with Crippen LogP contribution >= 0.6 is 11.3 Å². The number of rotatable bonds is 3. The van der Waals surface area contributed by atoms with Crippen LogP contribution < -0.4 is 10.5 Å². The molecule has 3 aromatic heterocycles. The van der Waals surface area contributed by atoms with E-state index in [2.05, 4.69) is 10.1 Å². The summed E-state index contributed by atoms with van der Waals surface area (Å²) in [6.07, 6.45) is 3.59. The van der Waals surface area contributed by atoms with Crippen molar-refractivity contribution >= 4 is 22.8 Å². The second-order valence-electron chi connectivity index (χ2n) is 5.09. The zero-order valence-corrected chi connectivity index (χ0v) is 13.2. The molecule has 1 aromatic carbocycles. The van der Waals surface area contributed by atoms with Crippen molar-refractivity contribution in [2.75, 3.05) is 12.8 Å². The first-order valence-electron chi connectivity index (χ1n) is 7.07. The standard InChI is InChI=1S/C17H14N4OS/c1-22-13-4-2-3-11(7-13)15-9-20-21-16(18)14(8-19-17(15)21)12-5-6-23-10-12/h2-10H,18H2,1H3. The molecule has 114 valence electrons. The maximum absolute atomic E-state index is 6.30. The first-order valence-corrected chi connectivity index (χ1v) is 8.01. The van der Waals surface area contributed by atoms with E-state index in [4.69, 9.17) is 10.5 Å². The Hall–Kier alpha value is -2.86. The van der Waals surface area contributed by atoms with Gasteiger partial charge in [0.1, 0.15) is 11.6 Å². The van der Waals surface area contributed by atoms with E-state index in [0.29, 0.717) is 5.82 Å². The maximum atomic E-state index is 6.30. The fraction of sp³-hybridized carbons (Fsp3) is 0.0588. The molecule has 6 heteroatoms. The van der Waals surface area contributed by atoms with E-state index in [1.165, 1.54) is 0 Å². The molecule has 0 atom stereocenters. The van der Waals surface area contributed by atoms with Gasteiger partial charge in [-0.2, -0.15) is 21.0 Å². The number of hydrogen-bond donors (Lipinski definition) is 1. The van der Waals surface area contributed by atoms with E-state index >= 15 is 0 Å². The Bertz CT molecular complexity index is 976. The third-order valence-electron chi connectivity index (χ3n) is 3.78. The normalized spacial score (nSPS) is 11.0. The van der Waals surface area contributed by atoms with Gasteiger partial charge in [0.2, 0.25) is 0 Å². The molecule has 3 heterocycles. The molecule has 0 radical (unpaired) electrons. The lowest BCUT2D eigenvalue weighted by atomic mass is 10.1. The molecule has 4 aromatic rings. The predicted octanol–water partition coefficient (Wildman–Crippen LogP) is 3.72. The highest BCUT2D eigenvalue weighted by Gasteiger charge is 2.14. The summed E-state index contributed by atoms with van der Waals surface area (Å²) in [6.45, 7) is 0. The number of nitrogens with zero attached hydrogens (tertiary/aromatic N) is 3. The maximum Gasteiger partial charge on any atom is 0.165 e. The molecule has 0 unspecified atom stereocenters. The Balaban J connectivity index is 1.89. The molecule has 2 N–H and O–H groups in total. The number of nitrogen functional groups attached to an aromatic ring is 1. The number of aromatic nitrogens is 3. The van der Waals surface area contributed by atoms with Crippen LogP contribution in [0.3, 0.4) is 0 Å². The molecule has 0 saturated heterocycles. The van der Waals surface area contributed by atoms with Crippen LogP contribution in [0.5, 0.6) is 5.75 Å². The minimum Gasteiger partial charge on any atom is -0.497 e. The molecule has 0 amide bonds. The Morgan fingerprint density at radius 3 is 2.83 bits per heavy atom. The molecule has 0 aliphatic heterocycles. The average molecular weight is 322 g/mol. The average Bonchev–Trinajstić information content (AvgIpc) is 3.25. The number of nitrogens with two attached hydrogens (primary N) is 1. The van der Waals surface area contributed by atoms with Gasteiger partial charge < -0.3 is 10.5 Å². The molecule has 0 aliphatic carbocycles. The van der Waals surface area contributed by atoms with Crippen molar-refractivity contribution in [1.29, 1.82) is 0 Å². The Labute approximate surface area is 137 Å². The Morgan fingerprint density at radius 1 is 1.13 bits per heavy atom. The van der Waals surface area contributed by atoms with E-state index < -0.39 is 0 Å². The van der Waals surface area contributed by atoms with Gasteiger partial charge in [-0.25, -0.2) is 4.98 Å². The van der Waals surface area contributed by atoms with Gasteiger partial charge in [0, 0.05) is 17.3 Å². The number of ether oxygens (including phenoxy) is 1. The molecule has 5 nitrogen and oxygen atoms in total. The molecule has 0 aliphatic rings. The quantitative estimate of drug-likeness (QED) is 0.624. The van der Waals surface area contributed by atoms with E-state index in [9.17, 15) is 0 Å². The van der Waals surface area contributed by atoms with Gasteiger partial charge >= 0.3 is 0 Å². The summed E-state index contributed by atoms with van der Waals surface area (Å²) < 4.78 is 6.97. The molecule has 0 saturated carbocycles. The van der Waals surface area contributed by atoms with Gasteiger partial charge in [0.25, 0.3) is 0 Å². The van der Waals surface area contributed by atoms with Crippen LogP contribution in [-0.4, -0.2) is 21.7 Å². The number of methoxy groups -OCH3 is 1. The minimum atomic E-state index is 0.586. The van der Waals surface area contributed by atoms with Crippen molar-refractivity contribution in [3.05, 3.63) is 53.5 Å². The van der Waals surface area contributed by atoms with Crippen LogP contribution in [0, 0.1) is 0 Å². The summed E-state index contributed by atoms with van der Waals surface area (Å²) in [6, 6.07) is 9.84. The van der Waals surface area contributed by atoms with E-state index in [1.807, 2.05) is 41.1 Å². The zero-order chi connectivity index (χ0) is 15.8. The summed E-state index contributed by atoms with van der Waals surface area (Å²) in [5.41, 5.74) is 10.9. The third kappa shape index (κ3) is 2.24. The van der Waals surface area contributed by atoms with Gasteiger partial charge in [-0.05, 0) is 40.1 Å². The van der Waals surface area contributed by atoms with Crippen molar-refractivity contribution in [3.8, 4) is 28.0 Å². The Kier molecular flexibility index (Phi) is 3.24. The highest BCUT2D eigenvalue weighted by Crippen LogP contribution is 2.31. The number of anilines is 1. The van der Waals surface area contributed by atoms with Gasteiger partial charge in [-0.1, -0.05) is 12.1 Å². The van der Waals surface area contributed by atoms with Gasteiger partial charge in [0.15, 0.2) is 5.65 Å². The topological polar surface area (TPSA) is 65.4 Å². The molecule has 0 spiro atoms. The van der Waals surface area contributed by atoms with Crippen molar-refractivity contribution < 1.29 is 4.74 Å². The van der Waals surface area contributed by atoms with E-state index in [0.717, 1.165) is 33.7 Å². The highest BCUT2D eigenvalue weighted by atomic mass is 32.1. The number of thiophene rings is 1. The van der Waals surface area contributed by atoms with E-state index in [-0.39, 0.29) is 0 Å². The largest absolute Gasteiger partial charge is 0.497 e. The SMILES string of the molecule is COc1cccc(-c2cnn3c(N)c(-c4ccsc4)cnc23)c1. The predicted molar refractivity (Wildman–Crippen MR) is 92.7 cm³/mol. The first-order chi connectivity index (χ1) is 11.3. The Morgan fingerprint density at radius 2 is 2.04 bits per heavy atom. The molecule has 23 heavy (non-hydrogen) atoms. The monoisotopic (exact) mass is 322 g/mol. The highest BCUT2D eigenvalue weighted by molar-refractivity contribution is 7.08. The van der Waals surface area contributed by atoms with Crippen LogP contribution in [0.1, 0.15) is 0 Å². The van der Waals surface area contributed by atoms with Crippen molar-refractivity contribution in [3.63, 3.8) is 0 Å². The van der Waals surface area contributed by atoms with Crippen molar-refractivity contribution in [1.82, 2.24) is 14.6 Å². The number of fused-ring (bicyclic) bond motifs is 1. The second kappa shape index (κ2) is 5.40. The number of benzene rings is 1. The molecular formula is C17H14N4OS. The summed E-state index contributed by atoms with van der Waals surface area (Å²) >= 11 is 1.63. The lowest BCUT2D eigenvalue weighted by molar-refractivity contribution is 0.415. The molecular weight excluding hydrogens is 308 g/mol. The van der Waals surface area contributed by atoms with Gasteiger partial charge in [0.05, 0.1) is 13.3 Å². The fourth-order valence-electron chi connectivity index (χ4n) is 2.58. The van der Waals surface area contributed by atoms with Crippen molar-refractivity contribution in [2.45, 2.75) is 0 Å². The van der Waals surface area contributed by atoms with Crippen LogP contribution in [-0.2, 0) is 0 Å². The van der Waals surface area contributed by atoms with Crippen LogP contribution in [0.15, 0.2) is 53.5 Å². The number of hydrogen-bond acceptors (Lipinski definition) is 5. The van der Waals surface area contributed by atoms with Crippen LogP contribution in [0.4, 0.5) is 5.82 Å². The van der Waals surface area contributed by atoms with Gasteiger partial charge in [-0.3, -0.25) is 0 Å². The summed E-state index contributed by atoms with van der Waals surface area (Å²) in [4.78, 5) is 4.57. The molecule has 4 rings (SSSR count). The summed E-state index contributed by atoms with van der Waals surface area (Å²) in [5, 5.41) is 8.48. The van der Waals surface area contributed by atoms with Gasteiger partial charge in [-0.15, -0.1) is 0 Å². The lowest BCUT2D eigenvalue weighted by Crippen LogP contribution is -2.02. The molecule has 0 bridgehead atoms. The molecule has 0 fully saturated rings. The smallest absolute Gasteiger partial charge is 0.165 e. The first kappa shape index (κ1) is 13.8.